The molecule has 0 unspecified atom stereocenters. The van der Waals surface area contributed by atoms with Crippen LogP contribution < -0.4 is 4.74 Å². The highest BCUT2D eigenvalue weighted by atomic mass is 19.1. The zero-order chi connectivity index (χ0) is 21.8. The summed E-state index contributed by atoms with van der Waals surface area (Å²) in [7, 11) is 0. The molecule has 9 heteroatoms. The lowest BCUT2D eigenvalue weighted by Crippen LogP contribution is -2.38. The lowest BCUT2D eigenvalue weighted by atomic mass is 10.1. The first-order valence-corrected chi connectivity index (χ1v) is 10.6. The number of rotatable bonds is 7. The monoisotopic (exact) mass is 434 g/mol. The van der Waals surface area contributed by atoms with Gasteiger partial charge in [0, 0.05) is 25.2 Å². The molecule has 1 fully saturated rings. The van der Waals surface area contributed by atoms with Crippen LogP contribution in [0.5, 0.6) is 5.75 Å². The van der Waals surface area contributed by atoms with E-state index in [1.807, 2.05) is 24.3 Å². The lowest BCUT2D eigenvalue weighted by Gasteiger charge is -2.26. The predicted octanol–water partition coefficient (Wildman–Crippen LogP) is 2.79. The standard InChI is InChI=1S/C23H23FN6O2/c24-19-5-1-17(2-6-19)16-30-23-22(27-28-30)25-15-21(26-23)18-3-7-20(8-4-18)32-14-11-29-9-12-31-13-10-29/h1-8,15H,9-14,16H2. The van der Waals surface area contributed by atoms with Gasteiger partial charge in [0.1, 0.15) is 18.2 Å². The van der Waals surface area contributed by atoms with Crippen molar-refractivity contribution in [3.05, 3.63) is 66.1 Å². The van der Waals surface area contributed by atoms with Crippen molar-refractivity contribution in [3.8, 4) is 17.0 Å². The summed E-state index contributed by atoms with van der Waals surface area (Å²) in [5.41, 5.74) is 3.61. The van der Waals surface area contributed by atoms with Crippen LogP contribution in [0.25, 0.3) is 22.6 Å². The SMILES string of the molecule is Fc1ccc(Cn2nnc3ncc(-c4ccc(OCCN5CCOCC5)cc4)nc32)cc1. The highest BCUT2D eigenvalue weighted by Crippen LogP contribution is 2.22. The summed E-state index contributed by atoms with van der Waals surface area (Å²) in [5, 5.41) is 8.24. The molecule has 2 aromatic heterocycles. The largest absolute Gasteiger partial charge is 0.492 e. The Balaban J connectivity index is 1.27. The van der Waals surface area contributed by atoms with Crippen LogP contribution in [0.3, 0.4) is 0 Å². The van der Waals surface area contributed by atoms with Crippen molar-refractivity contribution in [2.45, 2.75) is 6.54 Å². The number of morpholine rings is 1. The molecule has 3 heterocycles. The van der Waals surface area contributed by atoms with Crippen LogP contribution in [0, 0.1) is 5.82 Å². The topological polar surface area (TPSA) is 78.2 Å². The average molecular weight is 434 g/mol. The molecule has 0 bridgehead atoms. The van der Waals surface area contributed by atoms with Crippen LogP contribution in [0.4, 0.5) is 4.39 Å². The maximum Gasteiger partial charge on any atom is 0.221 e. The fourth-order valence-corrected chi connectivity index (χ4v) is 3.60. The summed E-state index contributed by atoms with van der Waals surface area (Å²) in [6, 6.07) is 14.1. The van der Waals surface area contributed by atoms with Crippen molar-refractivity contribution in [3.63, 3.8) is 0 Å². The highest BCUT2D eigenvalue weighted by Gasteiger charge is 2.12. The number of aromatic nitrogens is 5. The molecule has 32 heavy (non-hydrogen) atoms. The molecule has 0 atom stereocenters. The van der Waals surface area contributed by atoms with E-state index >= 15 is 0 Å². The average Bonchev–Trinajstić information content (AvgIpc) is 3.24. The summed E-state index contributed by atoms with van der Waals surface area (Å²) in [6.45, 7) is 5.45. The van der Waals surface area contributed by atoms with E-state index in [4.69, 9.17) is 14.5 Å². The van der Waals surface area contributed by atoms with Gasteiger partial charge in [0.15, 0.2) is 5.65 Å². The fraction of sp³-hybridized carbons (Fsp3) is 0.304. The van der Waals surface area contributed by atoms with Gasteiger partial charge in [0.05, 0.1) is 31.6 Å². The zero-order valence-corrected chi connectivity index (χ0v) is 17.5. The molecule has 1 saturated heterocycles. The Labute approximate surface area is 184 Å². The van der Waals surface area contributed by atoms with Crippen LogP contribution in [0.15, 0.2) is 54.7 Å². The van der Waals surface area contributed by atoms with E-state index in [2.05, 4.69) is 20.2 Å². The van der Waals surface area contributed by atoms with Crippen LogP contribution in [0.1, 0.15) is 5.56 Å². The normalized spacial score (nSPS) is 14.7. The quantitative estimate of drug-likeness (QED) is 0.443. The lowest BCUT2D eigenvalue weighted by molar-refractivity contribution is 0.0322. The molecule has 4 aromatic rings. The molecular weight excluding hydrogens is 411 g/mol. The number of hydrogen-bond donors (Lipinski definition) is 0. The Morgan fingerprint density at radius 3 is 2.56 bits per heavy atom. The maximum absolute atomic E-state index is 13.2. The molecule has 1 aliphatic rings. The molecule has 164 valence electrons. The highest BCUT2D eigenvalue weighted by molar-refractivity contribution is 5.70. The molecule has 2 aromatic carbocycles. The smallest absolute Gasteiger partial charge is 0.221 e. The third-order valence-electron chi connectivity index (χ3n) is 5.40. The predicted molar refractivity (Wildman–Crippen MR) is 117 cm³/mol. The second-order valence-electron chi connectivity index (χ2n) is 7.60. The first-order valence-electron chi connectivity index (χ1n) is 10.6. The Morgan fingerprint density at radius 1 is 1.00 bits per heavy atom. The maximum atomic E-state index is 13.2. The van der Waals surface area contributed by atoms with Crippen LogP contribution in [-0.4, -0.2) is 69.3 Å². The van der Waals surface area contributed by atoms with E-state index in [1.165, 1.54) is 12.1 Å². The molecule has 0 aliphatic carbocycles. The summed E-state index contributed by atoms with van der Waals surface area (Å²) in [5.74, 6) is 0.548. The third kappa shape index (κ3) is 4.74. The third-order valence-corrected chi connectivity index (χ3v) is 5.40. The molecule has 0 saturated carbocycles. The molecule has 0 amide bonds. The molecule has 0 spiro atoms. The van der Waals surface area contributed by atoms with Gasteiger partial charge in [0.2, 0.25) is 5.65 Å². The van der Waals surface area contributed by atoms with E-state index in [-0.39, 0.29) is 5.82 Å². The van der Waals surface area contributed by atoms with Gasteiger partial charge in [-0.1, -0.05) is 17.3 Å². The minimum atomic E-state index is -0.271. The number of nitrogens with zero attached hydrogens (tertiary/aromatic N) is 6. The number of fused-ring (bicyclic) bond motifs is 1. The first-order chi connectivity index (χ1) is 15.7. The first kappa shape index (κ1) is 20.5. The Bertz CT molecular complexity index is 1170. The van der Waals surface area contributed by atoms with E-state index in [9.17, 15) is 4.39 Å². The van der Waals surface area contributed by atoms with Gasteiger partial charge in [-0.3, -0.25) is 4.90 Å². The molecule has 5 rings (SSSR count). The Morgan fingerprint density at radius 2 is 1.78 bits per heavy atom. The minimum absolute atomic E-state index is 0.271. The summed E-state index contributed by atoms with van der Waals surface area (Å²) in [6.07, 6.45) is 1.69. The van der Waals surface area contributed by atoms with E-state index < -0.39 is 0 Å². The van der Waals surface area contributed by atoms with Gasteiger partial charge in [-0.15, -0.1) is 5.10 Å². The van der Waals surface area contributed by atoms with Gasteiger partial charge in [-0.05, 0) is 42.0 Å². The second kappa shape index (κ2) is 9.37. The van der Waals surface area contributed by atoms with Gasteiger partial charge < -0.3 is 9.47 Å². The summed E-state index contributed by atoms with van der Waals surface area (Å²) < 4.78 is 26.1. The Kier molecular flexibility index (Phi) is 6.00. The van der Waals surface area contributed by atoms with Crippen molar-refractivity contribution < 1.29 is 13.9 Å². The van der Waals surface area contributed by atoms with Crippen LogP contribution >= 0.6 is 0 Å². The van der Waals surface area contributed by atoms with Crippen molar-refractivity contribution in [1.29, 1.82) is 0 Å². The van der Waals surface area contributed by atoms with E-state index in [1.54, 1.807) is 23.0 Å². The van der Waals surface area contributed by atoms with E-state index in [0.717, 1.165) is 55.4 Å². The molecule has 1 aliphatic heterocycles. The van der Waals surface area contributed by atoms with Crippen molar-refractivity contribution in [2.24, 2.45) is 0 Å². The van der Waals surface area contributed by atoms with Gasteiger partial charge in [-0.2, -0.15) is 0 Å². The molecule has 0 N–H and O–H groups in total. The zero-order valence-electron chi connectivity index (χ0n) is 17.5. The second-order valence-corrected chi connectivity index (χ2v) is 7.60. The number of ether oxygens (including phenoxy) is 2. The number of hydrogen-bond acceptors (Lipinski definition) is 7. The van der Waals surface area contributed by atoms with E-state index in [0.29, 0.717) is 24.4 Å². The van der Waals surface area contributed by atoms with Gasteiger partial charge in [-0.25, -0.2) is 19.0 Å². The molecule has 8 nitrogen and oxygen atoms in total. The van der Waals surface area contributed by atoms with Gasteiger partial charge >= 0.3 is 0 Å². The van der Waals surface area contributed by atoms with Crippen LogP contribution in [0.2, 0.25) is 0 Å². The van der Waals surface area contributed by atoms with Crippen molar-refractivity contribution in [1.82, 2.24) is 29.9 Å². The molecule has 0 radical (unpaired) electrons. The molecular formula is C23H23FN6O2. The fourth-order valence-electron chi connectivity index (χ4n) is 3.60. The van der Waals surface area contributed by atoms with Crippen LogP contribution in [-0.2, 0) is 11.3 Å². The summed E-state index contributed by atoms with van der Waals surface area (Å²) >= 11 is 0. The number of benzene rings is 2. The van der Waals surface area contributed by atoms with Crippen molar-refractivity contribution >= 4 is 11.3 Å². The van der Waals surface area contributed by atoms with Gasteiger partial charge in [0.25, 0.3) is 0 Å². The summed E-state index contributed by atoms with van der Waals surface area (Å²) in [4.78, 5) is 11.4. The number of halogens is 1. The minimum Gasteiger partial charge on any atom is -0.492 e. The van der Waals surface area contributed by atoms with Crippen molar-refractivity contribution in [2.75, 3.05) is 39.5 Å². The Hall–Kier alpha value is -3.43.